The highest BCUT2D eigenvalue weighted by atomic mass is 35.5. The van der Waals surface area contributed by atoms with Crippen LogP contribution in [0.15, 0.2) is 48.8 Å². The van der Waals surface area contributed by atoms with Gasteiger partial charge in [-0.1, -0.05) is 23.7 Å². The fourth-order valence-corrected chi connectivity index (χ4v) is 2.43. The summed E-state index contributed by atoms with van der Waals surface area (Å²) in [6.45, 7) is 2.96. The van der Waals surface area contributed by atoms with E-state index < -0.39 is 0 Å². The Morgan fingerprint density at radius 3 is 3.00 bits per heavy atom. The predicted molar refractivity (Wildman–Crippen MR) is 89.0 cm³/mol. The highest BCUT2D eigenvalue weighted by Gasteiger charge is 2.10. The zero-order valence-corrected chi connectivity index (χ0v) is 13.4. The molecule has 2 heterocycles. The highest BCUT2D eigenvalue weighted by molar-refractivity contribution is 6.30. The van der Waals surface area contributed by atoms with Crippen molar-refractivity contribution in [2.75, 3.05) is 6.61 Å². The molecule has 0 unspecified atom stereocenters. The van der Waals surface area contributed by atoms with Crippen molar-refractivity contribution in [3.63, 3.8) is 0 Å². The molecular weight excluding hydrogens is 314 g/mol. The number of amides is 1. The number of aromatic nitrogens is 2. The van der Waals surface area contributed by atoms with Crippen molar-refractivity contribution in [2.45, 2.75) is 13.5 Å². The van der Waals surface area contributed by atoms with Crippen LogP contribution in [-0.2, 0) is 6.54 Å². The number of hydrogen-bond donors (Lipinski definition) is 1. The number of imidazole rings is 1. The SMILES string of the molecule is CCOc1cccc(CNC(=O)c2cn3cc(Cl)ccc3n2)c1. The molecule has 5 nitrogen and oxygen atoms in total. The predicted octanol–water partition coefficient (Wildman–Crippen LogP) is 3.32. The van der Waals surface area contributed by atoms with E-state index in [2.05, 4.69) is 10.3 Å². The van der Waals surface area contributed by atoms with Crippen molar-refractivity contribution >= 4 is 23.2 Å². The van der Waals surface area contributed by atoms with Crippen LogP contribution < -0.4 is 10.1 Å². The van der Waals surface area contributed by atoms with E-state index in [1.807, 2.05) is 31.2 Å². The lowest BCUT2D eigenvalue weighted by Gasteiger charge is -2.06. The maximum Gasteiger partial charge on any atom is 0.271 e. The van der Waals surface area contributed by atoms with Gasteiger partial charge >= 0.3 is 0 Å². The summed E-state index contributed by atoms with van der Waals surface area (Å²) in [5.41, 5.74) is 2.00. The van der Waals surface area contributed by atoms with Crippen molar-refractivity contribution in [1.29, 1.82) is 0 Å². The number of pyridine rings is 1. The van der Waals surface area contributed by atoms with Gasteiger partial charge in [0.1, 0.15) is 17.1 Å². The average molecular weight is 330 g/mol. The van der Waals surface area contributed by atoms with Gasteiger partial charge < -0.3 is 14.5 Å². The maximum atomic E-state index is 12.2. The van der Waals surface area contributed by atoms with Gasteiger partial charge in [-0.15, -0.1) is 0 Å². The molecule has 1 amide bonds. The third-order valence-electron chi connectivity index (χ3n) is 3.31. The van der Waals surface area contributed by atoms with Gasteiger partial charge in [0.05, 0.1) is 11.6 Å². The normalized spacial score (nSPS) is 10.7. The summed E-state index contributed by atoms with van der Waals surface area (Å²) in [6, 6.07) is 11.1. The molecule has 0 aliphatic carbocycles. The summed E-state index contributed by atoms with van der Waals surface area (Å²) in [6.07, 6.45) is 3.37. The van der Waals surface area contributed by atoms with Crippen LogP contribution in [0.25, 0.3) is 5.65 Å². The Morgan fingerprint density at radius 1 is 1.30 bits per heavy atom. The fraction of sp³-hybridized carbons (Fsp3) is 0.176. The van der Waals surface area contributed by atoms with E-state index in [4.69, 9.17) is 16.3 Å². The Labute approximate surface area is 138 Å². The molecule has 3 aromatic rings. The molecule has 0 bridgehead atoms. The molecule has 6 heteroatoms. The van der Waals surface area contributed by atoms with Crippen LogP contribution in [0.1, 0.15) is 23.0 Å². The third-order valence-corrected chi connectivity index (χ3v) is 3.53. The number of hydrogen-bond acceptors (Lipinski definition) is 3. The van der Waals surface area contributed by atoms with E-state index in [1.54, 1.807) is 28.9 Å². The molecule has 0 fully saturated rings. The van der Waals surface area contributed by atoms with Crippen molar-refractivity contribution < 1.29 is 9.53 Å². The van der Waals surface area contributed by atoms with Crippen LogP contribution in [0.2, 0.25) is 5.02 Å². The Balaban J connectivity index is 1.69. The molecule has 118 valence electrons. The molecule has 1 N–H and O–H groups in total. The molecule has 0 aliphatic rings. The van der Waals surface area contributed by atoms with Gasteiger partial charge in [0.15, 0.2) is 0 Å². The van der Waals surface area contributed by atoms with Gasteiger partial charge in [0.2, 0.25) is 0 Å². The summed E-state index contributed by atoms with van der Waals surface area (Å²) in [5, 5.41) is 3.45. The summed E-state index contributed by atoms with van der Waals surface area (Å²) in [5.74, 6) is 0.563. The zero-order chi connectivity index (χ0) is 16.2. The van der Waals surface area contributed by atoms with E-state index in [0.29, 0.717) is 29.5 Å². The smallest absolute Gasteiger partial charge is 0.271 e. The molecule has 1 aromatic carbocycles. The third kappa shape index (κ3) is 3.63. The Bertz CT molecular complexity index is 845. The van der Waals surface area contributed by atoms with E-state index in [9.17, 15) is 4.79 Å². The van der Waals surface area contributed by atoms with Crippen molar-refractivity contribution in [1.82, 2.24) is 14.7 Å². The van der Waals surface area contributed by atoms with Crippen LogP contribution in [0, 0.1) is 0 Å². The number of carbonyl (C=O) groups excluding carboxylic acids is 1. The lowest BCUT2D eigenvalue weighted by molar-refractivity contribution is 0.0946. The summed E-state index contributed by atoms with van der Waals surface area (Å²) in [7, 11) is 0. The number of ether oxygens (including phenoxy) is 1. The molecule has 23 heavy (non-hydrogen) atoms. The minimum Gasteiger partial charge on any atom is -0.494 e. The monoisotopic (exact) mass is 329 g/mol. The molecule has 0 atom stereocenters. The largest absolute Gasteiger partial charge is 0.494 e. The zero-order valence-electron chi connectivity index (χ0n) is 12.6. The Kier molecular flexibility index (Phi) is 4.48. The van der Waals surface area contributed by atoms with Crippen LogP contribution >= 0.6 is 11.6 Å². The highest BCUT2D eigenvalue weighted by Crippen LogP contribution is 2.14. The van der Waals surface area contributed by atoms with Crippen molar-refractivity contribution in [2.24, 2.45) is 0 Å². The second-order valence-corrected chi connectivity index (χ2v) is 5.44. The second kappa shape index (κ2) is 6.71. The van der Waals surface area contributed by atoms with Crippen LogP contribution in [-0.4, -0.2) is 21.9 Å². The first-order valence-electron chi connectivity index (χ1n) is 7.30. The van der Waals surface area contributed by atoms with Crippen molar-refractivity contribution in [3.05, 3.63) is 65.1 Å². The molecule has 0 aliphatic heterocycles. The summed E-state index contributed by atoms with van der Waals surface area (Å²) >= 11 is 5.93. The van der Waals surface area contributed by atoms with Crippen molar-refractivity contribution in [3.8, 4) is 5.75 Å². The minimum absolute atomic E-state index is 0.230. The van der Waals surface area contributed by atoms with Gasteiger partial charge in [-0.3, -0.25) is 4.79 Å². The first-order chi connectivity index (χ1) is 11.2. The molecule has 0 spiro atoms. The van der Waals surface area contributed by atoms with Gasteiger partial charge in [0, 0.05) is 18.9 Å². The van der Waals surface area contributed by atoms with Gasteiger partial charge in [-0.25, -0.2) is 4.98 Å². The molecule has 0 saturated carbocycles. The summed E-state index contributed by atoms with van der Waals surface area (Å²) in [4.78, 5) is 16.5. The van der Waals surface area contributed by atoms with Gasteiger partial charge in [-0.05, 0) is 36.8 Å². The lowest BCUT2D eigenvalue weighted by Crippen LogP contribution is -2.23. The molecule has 2 aromatic heterocycles. The Hall–Kier alpha value is -2.53. The number of halogens is 1. The number of rotatable bonds is 5. The molecule has 0 saturated heterocycles. The van der Waals surface area contributed by atoms with Crippen LogP contribution in [0.5, 0.6) is 5.75 Å². The lowest BCUT2D eigenvalue weighted by atomic mass is 10.2. The fourth-order valence-electron chi connectivity index (χ4n) is 2.26. The van der Waals surface area contributed by atoms with Crippen LogP contribution in [0.3, 0.4) is 0 Å². The van der Waals surface area contributed by atoms with Gasteiger partial charge in [-0.2, -0.15) is 0 Å². The number of fused-ring (bicyclic) bond motifs is 1. The van der Waals surface area contributed by atoms with Gasteiger partial charge in [0.25, 0.3) is 5.91 Å². The minimum atomic E-state index is -0.230. The Morgan fingerprint density at radius 2 is 2.17 bits per heavy atom. The summed E-state index contributed by atoms with van der Waals surface area (Å²) < 4.78 is 7.18. The maximum absolute atomic E-state index is 12.2. The molecule has 3 rings (SSSR count). The molecule has 0 radical (unpaired) electrons. The standard InChI is InChI=1S/C17H16ClN3O2/c1-2-23-14-5-3-4-12(8-14)9-19-17(22)15-11-21-10-13(18)6-7-16(21)20-15/h3-8,10-11H,2,9H2,1H3,(H,19,22). The number of nitrogens with one attached hydrogen (secondary N) is 1. The van der Waals surface area contributed by atoms with E-state index in [0.717, 1.165) is 11.3 Å². The van der Waals surface area contributed by atoms with E-state index in [1.165, 1.54) is 0 Å². The number of benzene rings is 1. The number of carbonyl (C=O) groups is 1. The first-order valence-corrected chi connectivity index (χ1v) is 7.67. The van der Waals surface area contributed by atoms with E-state index >= 15 is 0 Å². The number of nitrogens with zero attached hydrogens (tertiary/aromatic N) is 2. The van der Waals surface area contributed by atoms with Crippen LogP contribution in [0.4, 0.5) is 0 Å². The second-order valence-electron chi connectivity index (χ2n) is 5.00. The molecular formula is C17H16ClN3O2. The first kappa shape index (κ1) is 15.4. The topological polar surface area (TPSA) is 55.6 Å². The average Bonchev–Trinajstić information content (AvgIpc) is 2.96. The quantitative estimate of drug-likeness (QED) is 0.781. The van der Waals surface area contributed by atoms with E-state index in [-0.39, 0.29) is 5.91 Å².